The van der Waals surface area contributed by atoms with Crippen LogP contribution in [-0.2, 0) is 18.5 Å². The largest absolute Gasteiger partial charge is 0.423 e. The van der Waals surface area contributed by atoms with Crippen molar-refractivity contribution in [2.45, 2.75) is 51.6 Å². The molecule has 22 heavy (non-hydrogen) atoms. The van der Waals surface area contributed by atoms with Gasteiger partial charge in [0.15, 0.2) is 0 Å². The van der Waals surface area contributed by atoms with Crippen LogP contribution in [-0.4, -0.2) is 31.6 Å². The van der Waals surface area contributed by atoms with Crippen molar-refractivity contribution in [2.24, 2.45) is 5.92 Å². The molecule has 2 aliphatic rings. The van der Waals surface area contributed by atoms with E-state index < -0.39 is 0 Å². The molecule has 116 valence electrons. The number of aryl methyl sites for hydroxylation is 2. The molecule has 2 aromatic rings. The molecule has 2 atom stereocenters. The molecule has 1 aliphatic carbocycles. The number of fused-ring (bicyclic) bond motifs is 1. The molecule has 0 aromatic carbocycles. The first-order valence-corrected chi connectivity index (χ1v) is 8.08. The fourth-order valence-corrected chi connectivity index (χ4v) is 3.91. The zero-order chi connectivity index (χ0) is 15.2. The van der Waals surface area contributed by atoms with E-state index in [0.717, 1.165) is 49.1 Å². The Kier molecular flexibility index (Phi) is 3.22. The first-order valence-electron chi connectivity index (χ1n) is 8.08. The second-order valence-corrected chi connectivity index (χ2v) is 6.31. The summed E-state index contributed by atoms with van der Waals surface area (Å²) < 4.78 is 5.94. The van der Waals surface area contributed by atoms with E-state index in [9.17, 15) is 0 Å². The van der Waals surface area contributed by atoms with Crippen molar-refractivity contribution >= 4 is 0 Å². The SMILES string of the molecule is CCc1nnc([C@]23CC[C@H]2CCN3Cc2nccnc2C)o1. The van der Waals surface area contributed by atoms with E-state index in [2.05, 4.69) is 25.1 Å². The summed E-state index contributed by atoms with van der Waals surface area (Å²) in [5.41, 5.74) is 1.98. The summed E-state index contributed by atoms with van der Waals surface area (Å²) in [4.78, 5) is 11.3. The number of rotatable bonds is 4. The molecule has 6 nitrogen and oxygen atoms in total. The second kappa shape index (κ2) is 5.12. The monoisotopic (exact) mass is 299 g/mol. The van der Waals surface area contributed by atoms with Gasteiger partial charge in [-0.15, -0.1) is 10.2 Å². The van der Waals surface area contributed by atoms with Gasteiger partial charge in [0, 0.05) is 25.4 Å². The molecule has 0 N–H and O–H groups in total. The molecular formula is C16H21N5O. The zero-order valence-electron chi connectivity index (χ0n) is 13.1. The van der Waals surface area contributed by atoms with Crippen molar-refractivity contribution in [1.82, 2.24) is 25.1 Å². The van der Waals surface area contributed by atoms with Gasteiger partial charge in [-0.05, 0) is 38.6 Å². The summed E-state index contributed by atoms with van der Waals surface area (Å²) in [6, 6.07) is 0. The Bertz CT molecular complexity index is 685. The van der Waals surface area contributed by atoms with Crippen LogP contribution in [0.25, 0.3) is 0 Å². The molecule has 2 aromatic heterocycles. The van der Waals surface area contributed by atoms with E-state index in [4.69, 9.17) is 4.42 Å². The Balaban J connectivity index is 1.66. The molecule has 0 radical (unpaired) electrons. The van der Waals surface area contributed by atoms with E-state index in [0.29, 0.717) is 5.92 Å². The van der Waals surface area contributed by atoms with Gasteiger partial charge in [0.25, 0.3) is 0 Å². The van der Waals surface area contributed by atoms with Crippen molar-refractivity contribution < 1.29 is 4.42 Å². The van der Waals surface area contributed by atoms with Gasteiger partial charge in [-0.2, -0.15) is 0 Å². The summed E-state index contributed by atoms with van der Waals surface area (Å²) in [7, 11) is 0. The maximum atomic E-state index is 5.94. The summed E-state index contributed by atoms with van der Waals surface area (Å²) in [5.74, 6) is 2.17. The van der Waals surface area contributed by atoms with Gasteiger partial charge in [0.05, 0.1) is 11.4 Å². The number of aromatic nitrogens is 4. The average Bonchev–Trinajstić information content (AvgIpc) is 3.05. The van der Waals surface area contributed by atoms with Gasteiger partial charge in [-0.3, -0.25) is 14.9 Å². The Hall–Kier alpha value is -1.82. The molecule has 1 saturated heterocycles. The molecule has 2 fully saturated rings. The minimum absolute atomic E-state index is 0.0651. The molecule has 1 aliphatic heterocycles. The highest BCUT2D eigenvalue weighted by atomic mass is 16.4. The summed E-state index contributed by atoms with van der Waals surface area (Å²) in [6.45, 7) is 5.93. The standard InChI is InChI=1S/C16H21N5O/c1-3-14-19-20-15(22-14)16-6-4-12(16)5-9-21(16)10-13-11(2)17-7-8-18-13/h7-8,12H,3-6,9-10H2,1-2H3/t12-,16-/m0/s1. The van der Waals surface area contributed by atoms with Gasteiger partial charge in [0.2, 0.25) is 11.8 Å². The zero-order valence-corrected chi connectivity index (χ0v) is 13.1. The lowest BCUT2D eigenvalue weighted by atomic mass is 9.67. The van der Waals surface area contributed by atoms with Gasteiger partial charge < -0.3 is 4.42 Å². The normalized spacial score (nSPS) is 27.6. The van der Waals surface area contributed by atoms with E-state index in [1.165, 1.54) is 12.8 Å². The Morgan fingerprint density at radius 3 is 2.82 bits per heavy atom. The van der Waals surface area contributed by atoms with Crippen LogP contribution in [0.1, 0.15) is 49.4 Å². The maximum Gasteiger partial charge on any atom is 0.237 e. The van der Waals surface area contributed by atoms with Crippen LogP contribution >= 0.6 is 0 Å². The highest BCUT2D eigenvalue weighted by Crippen LogP contribution is 2.56. The Morgan fingerprint density at radius 1 is 1.27 bits per heavy atom. The minimum atomic E-state index is -0.0651. The van der Waals surface area contributed by atoms with Crippen LogP contribution in [0, 0.1) is 12.8 Å². The molecular weight excluding hydrogens is 278 g/mol. The van der Waals surface area contributed by atoms with Crippen molar-refractivity contribution in [1.29, 1.82) is 0 Å². The van der Waals surface area contributed by atoms with Crippen LogP contribution in [0.15, 0.2) is 16.8 Å². The molecule has 4 rings (SSSR count). The van der Waals surface area contributed by atoms with E-state index in [-0.39, 0.29) is 5.54 Å². The smallest absolute Gasteiger partial charge is 0.237 e. The lowest BCUT2D eigenvalue weighted by molar-refractivity contribution is -0.0170. The van der Waals surface area contributed by atoms with Crippen LogP contribution in [0.4, 0.5) is 0 Å². The molecule has 0 bridgehead atoms. The van der Waals surface area contributed by atoms with Gasteiger partial charge >= 0.3 is 0 Å². The fraction of sp³-hybridized carbons (Fsp3) is 0.625. The maximum absolute atomic E-state index is 5.94. The van der Waals surface area contributed by atoms with Gasteiger partial charge in [-0.1, -0.05) is 6.92 Å². The third-order valence-corrected chi connectivity index (χ3v) is 5.32. The topological polar surface area (TPSA) is 67.9 Å². The van der Waals surface area contributed by atoms with Crippen LogP contribution in [0.2, 0.25) is 0 Å². The van der Waals surface area contributed by atoms with Crippen LogP contribution in [0.3, 0.4) is 0 Å². The Labute approximate surface area is 130 Å². The minimum Gasteiger partial charge on any atom is -0.423 e. The van der Waals surface area contributed by atoms with Gasteiger partial charge in [-0.25, -0.2) is 0 Å². The summed E-state index contributed by atoms with van der Waals surface area (Å²) in [5, 5.41) is 8.54. The first kappa shape index (κ1) is 13.8. The number of likely N-dealkylation sites (tertiary alicyclic amines) is 1. The van der Waals surface area contributed by atoms with Crippen molar-refractivity contribution in [2.75, 3.05) is 6.54 Å². The lowest BCUT2D eigenvalue weighted by Crippen LogP contribution is -2.51. The number of hydrogen-bond acceptors (Lipinski definition) is 6. The summed E-state index contributed by atoms with van der Waals surface area (Å²) in [6.07, 6.45) is 7.85. The van der Waals surface area contributed by atoms with Gasteiger partial charge in [0.1, 0.15) is 5.54 Å². The third kappa shape index (κ3) is 1.90. The number of nitrogens with zero attached hydrogens (tertiary/aromatic N) is 5. The molecule has 0 spiro atoms. The predicted octanol–water partition coefficient (Wildman–Crippen LogP) is 2.24. The molecule has 1 saturated carbocycles. The van der Waals surface area contributed by atoms with Crippen molar-refractivity contribution in [3.63, 3.8) is 0 Å². The molecule has 0 unspecified atom stereocenters. The van der Waals surface area contributed by atoms with Crippen LogP contribution in [0.5, 0.6) is 0 Å². The second-order valence-electron chi connectivity index (χ2n) is 6.31. The third-order valence-electron chi connectivity index (χ3n) is 5.32. The number of hydrogen-bond donors (Lipinski definition) is 0. The quantitative estimate of drug-likeness (QED) is 0.862. The lowest BCUT2D eigenvalue weighted by Gasteiger charge is -2.47. The summed E-state index contributed by atoms with van der Waals surface area (Å²) >= 11 is 0. The fourth-order valence-electron chi connectivity index (χ4n) is 3.91. The van der Waals surface area contributed by atoms with E-state index in [1.54, 1.807) is 12.4 Å². The molecule has 3 heterocycles. The molecule has 0 amide bonds. The van der Waals surface area contributed by atoms with E-state index in [1.807, 2.05) is 13.8 Å². The predicted molar refractivity (Wildman–Crippen MR) is 79.9 cm³/mol. The van der Waals surface area contributed by atoms with Crippen LogP contribution < -0.4 is 0 Å². The van der Waals surface area contributed by atoms with E-state index >= 15 is 0 Å². The highest BCUT2D eigenvalue weighted by molar-refractivity contribution is 5.19. The highest BCUT2D eigenvalue weighted by Gasteiger charge is 2.59. The van der Waals surface area contributed by atoms with Crippen molar-refractivity contribution in [3.8, 4) is 0 Å². The average molecular weight is 299 g/mol. The Morgan fingerprint density at radius 2 is 2.14 bits per heavy atom. The van der Waals surface area contributed by atoms with Crippen molar-refractivity contribution in [3.05, 3.63) is 35.6 Å². The molecule has 6 heteroatoms. The first-order chi connectivity index (χ1) is 10.7.